The number of aromatic nitrogens is 1. The number of H-pyrrole nitrogens is 1. The van der Waals surface area contributed by atoms with E-state index >= 15 is 0 Å². The van der Waals surface area contributed by atoms with Crippen LogP contribution in [0, 0.1) is 0 Å². The van der Waals surface area contributed by atoms with Crippen molar-refractivity contribution in [1.29, 1.82) is 0 Å². The van der Waals surface area contributed by atoms with Gasteiger partial charge < -0.3 is 48.1 Å². The number of carboxylic acids is 1. The second-order valence-corrected chi connectivity index (χ2v) is 10.7. The molecule has 0 radical (unpaired) electrons. The van der Waals surface area contributed by atoms with Crippen molar-refractivity contribution in [3.63, 3.8) is 0 Å². The molecule has 11 N–H and O–H groups in total. The highest BCUT2D eigenvalue weighted by atomic mass is 16.4. The van der Waals surface area contributed by atoms with Crippen LogP contribution in [0.2, 0.25) is 0 Å². The van der Waals surface area contributed by atoms with Gasteiger partial charge in [0, 0.05) is 43.0 Å². The van der Waals surface area contributed by atoms with E-state index in [1.807, 2.05) is 24.3 Å². The quantitative estimate of drug-likeness (QED) is 0.0935. The first-order valence-electron chi connectivity index (χ1n) is 14.8. The lowest BCUT2D eigenvalue weighted by Gasteiger charge is -2.23. The molecule has 5 amide bonds. The fourth-order valence-electron chi connectivity index (χ4n) is 4.88. The Bertz CT molecular complexity index is 1400. The molecule has 1 fully saturated rings. The Labute approximate surface area is 259 Å². The number of aliphatic carboxylic acids is 1. The van der Waals surface area contributed by atoms with Crippen molar-refractivity contribution in [2.75, 3.05) is 19.6 Å². The van der Waals surface area contributed by atoms with Crippen LogP contribution in [0.4, 0.5) is 0 Å². The maximum atomic E-state index is 13.6. The minimum Gasteiger partial charge on any atom is -0.481 e. The molecule has 0 saturated carbocycles. The highest BCUT2D eigenvalue weighted by molar-refractivity contribution is 5.95. The van der Waals surface area contributed by atoms with Crippen LogP contribution in [0.25, 0.3) is 10.9 Å². The largest absolute Gasteiger partial charge is 0.481 e. The van der Waals surface area contributed by atoms with Gasteiger partial charge in [-0.3, -0.25) is 33.8 Å². The molecule has 1 saturated heterocycles. The predicted octanol–water partition coefficient (Wildman–Crippen LogP) is -1.50. The lowest BCUT2D eigenvalue weighted by molar-refractivity contribution is -0.140. The van der Waals surface area contributed by atoms with Gasteiger partial charge in [0.25, 0.3) is 0 Å². The number of guanidine groups is 1. The summed E-state index contributed by atoms with van der Waals surface area (Å²) in [5.41, 5.74) is 12.4. The van der Waals surface area contributed by atoms with E-state index in [1.54, 1.807) is 6.20 Å². The number of nitrogens with two attached hydrogens (primary N) is 2. The normalized spacial score (nSPS) is 21.2. The number of hydrogen-bond donors (Lipinski definition) is 9. The summed E-state index contributed by atoms with van der Waals surface area (Å²) in [6.45, 7) is -0.210. The summed E-state index contributed by atoms with van der Waals surface area (Å²) in [6.07, 6.45) is 3.29. The molecular formula is C29H41N9O7. The molecule has 1 aliphatic rings. The summed E-state index contributed by atoms with van der Waals surface area (Å²) < 4.78 is 0. The molecule has 0 aliphatic carbocycles. The van der Waals surface area contributed by atoms with E-state index in [-0.39, 0.29) is 44.2 Å². The Morgan fingerprint density at radius 1 is 0.867 bits per heavy atom. The number of nitrogens with zero attached hydrogens (tertiary/aromatic N) is 1. The first-order valence-corrected chi connectivity index (χ1v) is 14.8. The van der Waals surface area contributed by atoms with Gasteiger partial charge >= 0.3 is 5.97 Å². The van der Waals surface area contributed by atoms with E-state index in [2.05, 4.69) is 36.6 Å². The standard InChI is InChI=1S/C29H41N9O7/c30-29(31)33-12-6-9-20-26(43)35-16-24(40)37-22(14-25(41)42)27(44)32-11-5-1-2-10-23(39)36-21(28(45)38-20)13-17-15-34-19-8-4-3-7-18(17)19/h3-4,7-8,15,20-22,34H,1-2,5-6,9-14,16H2,(H,32,44)(H,35,43)(H,36,39)(H,37,40)(H,38,45)(H,41,42)(H4,30,31,33)/t20-,21-,22-/m0/s1. The molecule has 3 rings (SSSR count). The van der Waals surface area contributed by atoms with Crippen LogP contribution in [0.3, 0.4) is 0 Å². The average molecular weight is 628 g/mol. The second kappa shape index (κ2) is 17.2. The summed E-state index contributed by atoms with van der Waals surface area (Å²) in [7, 11) is 0. The molecule has 2 aromatic rings. The minimum absolute atomic E-state index is 0.0910. The maximum absolute atomic E-state index is 13.6. The van der Waals surface area contributed by atoms with Crippen molar-refractivity contribution < 1.29 is 33.9 Å². The van der Waals surface area contributed by atoms with Crippen LogP contribution >= 0.6 is 0 Å². The number of rotatable bonds is 8. The van der Waals surface area contributed by atoms with Crippen LogP contribution in [0.15, 0.2) is 35.5 Å². The Balaban J connectivity index is 1.84. The Morgan fingerprint density at radius 3 is 2.36 bits per heavy atom. The third-order valence-corrected chi connectivity index (χ3v) is 7.16. The average Bonchev–Trinajstić information content (AvgIpc) is 3.40. The van der Waals surface area contributed by atoms with Gasteiger partial charge in [-0.15, -0.1) is 0 Å². The monoisotopic (exact) mass is 627 g/mol. The number of carbonyl (C=O) groups excluding carboxylic acids is 5. The van der Waals surface area contributed by atoms with Gasteiger partial charge in [-0.1, -0.05) is 24.6 Å². The molecule has 0 unspecified atom stereocenters. The van der Waals surface area contributed by atoms with Gasteiger partial charge in [0.1, 0.15) is 18.1 Å². The fourth-order valence-corrected chi connectivity index (χ4v) is 4.88. The topological polar surface area (TPSA) is 263 Å². The highest BCUT2D eigenvalue weighted by Gasteiger charge is 2.29. The summed E-state index contributed by atoms with van der Waals surface area (Å²) in [4.78, 5) is 83.3. The molecule has 3 atom stereocenters. The van der Waals surface area contributed by atoms with Crippen molar-refractivity contribution in [2.24, 2.45) is 16.5 Å². The third kappa shape index (κ3) is 11.5. The van der Waals surface area contributed by atoms with Crippen molar-refractivity contribution >= 4 is 52.4 Å². The van der Waals surface area contributed by atoms with E-state index in [4.69, 9.17) is 11.5 Å². The van der Waals surface area contributed by atoms with Crippen molar-refractivity contribution in [2.45, 2.75) is 69.5 Å². The number of carbonyl (C=O) groups is 6. The molecule has 2 heterocycles. The van der Waals surface area contributed by atoms with E-state index in [0.29, 0.717) is 25.7 Å². The molecular weight excluding hydrogens is 586 g/mol. The molecule has 1 aromatic heterocycles. The summed E-state index contributed by atoms with van der Waals surface area (Å²) in [5, 5.41) is 22.9. The molecule has 16 nitrogen and oxygen atoms in total. The first kappa shape index (κ1) is 34.3. The maximum Gasteiger partial charge on any atom is 0.305 e. The molecule has 45 heavy (non-hydrogen) atoms. The zero-order valence-corrected chi connectivity index (χ0v) is 24.9. The molecule has 0 bridgehead atoms. The van der Waals surface area contributed by atoms with E-state index in [0.717, 1.165) is 16.5 Å². The lowest BCUT2D eigenvalue weighted by atomic mass is 10.0. The van der Waals surface area contributed by atoms with Crippen molar-refractivity contribution in [3.8, 4) is 0 Å². The van der Waals surface area contributed by atoms with Gasteiger partial charge in [-0.05, 0) is 37.3 Å². The summed E-state index contributed by atoms with van der Waals surface area (Å²) in [5.74, 6) is -4.58. The SMILES string of the molecule is NC(N)=NCCC[C@@H]1NC(=O)[C@H](Cc2c[nH]c3ccccc23)NC(=O)CCCCCNC(=O)[C@H](CC(=O)O)NC(=O)CNC1=O. The van der Waals surface area contributed by atoms with Gasteiger partial charge in [-0.25, -0.2) is 0 Å². The van der Waals surface area contributed by atoms with Crippen LogP contribution in [-0.4, -0.2) is 89.3 Å². The van der Waals surface area contributed by atoms with Gasteiger partial charge in [0.05, 0.1) is 13.0 Å². The van der Waals surface area contributed by atoms with Crippen molar-refractivity contribution in [3.05, 3.63) is 36.0 Å². The number of para-hydroxylation sites is 1. The third-order valence-electron chi connectivity index (χ3n) is 7.16. The molecule has 1 aromatic carbocycles. The first-order chi connectivity index (χ1) is 21.5. The van der Waals surface area contributed by atoms with Crippen molar-refractivity contribution in [1.82, 2.24) is 31.6 Å². The molecule has 16 heteroatoms. The van der Waals surface area contributed by atoms with E-state index in [1.165, 1.54) is 0 Å². The second-order valence-electron chi connectivity index (χ2n) is 10.7. The number of carboxylic acid groups (broad SMARTS) is 1. The fraction of sp³-hybridized carbons (Fsp3) is 0.483. The number of hydrogen-bond acceptors (Lipinski definition) is 7. The number of aromatic amines is 1. The zero-order valence-electron chi connectivity index (χ0n) is 24.9. The number of aliphatic imine (C=N–C) groups is 1. The van der Waals surface area contributed by atoms with Crippen LogP contribution in [0.5, 0.6) is 0 Å². The Morgan fingerprint density at radius 2 is 1.60 bits per heavy atom. The van der Waals surface area contributed by atoms with Crippen LogP contribution < -0.4 is 38.1 Å². The molecule has 1 aliphatic heterocycles. The number of benzene rings is 1. The lowest BCUT2D eigenvalue weighted by Crippen LogP contribution is -2.55. The van der Waals surface area contributed by atoms with E-state index < -0.39 is 60.7 Å². The van der Waals surface area contributed by atoms with E-state index in [9.17, 15) is 33.9 Å². The molecule has 0 spiro atoms. The zero-order chi connectivity index (χ0) is 32.8. The van der Waals surface area contributed by atoms with Crippen LogP contribution in [-0.2, 0) is 35.2 Å². The number of nitrogens with one attached hydrogen (secondary N) is 6. The molecule has 244 valence electrons. The minimum atomic E-state index is -1.36. The Kier molecular flexibility index (Phi) is 13.1. The predicted molar refractivity (Wildman–Crippen MR) is 164 cm³/mol. The summed E-state index contributed by atoms with van der Waals surface area (Å²) in [6, 6.07) is 4.01. The van der Waals surface area contributed by atoms with Gasteiger partial charge in [0.2, 0.25) is 29.5 Å². The van der Waals surface area contributed by atoms with Crippen LogP contribution in [0.1, 0.15) is 50.5 Å². The van der Waals surface area contributed by atoms with Gasteiger partial charge in [0.15, 0.2) is 5.96 Å². The van der Waals surface area contributed by atoms with Gasteiger partial charge in [-0.2, -0.15) is 0 Å². The smallest absolute Gasteiger partial charge is 0.305 e. The highest BCUT2D eigenvalue weighted by Crippen LogP contribution is 2.19. The number of amides is 5. The number of fused-ring (bicyclic) bond motifs is 1. The Hall–Kier alpha value is -5.15. The summed E-state index contributed by atoms with van der Waals surface area (Å²) >= 11 is 0.